The van der Waals surface area contributed by atoms with Crippen molar-refractivity contribution in [2.75, 3.05) is 66.1 Å². The molecule has 0 aliphatic heterocycles. The molecule has 2 aliphatic rings. The number of hydrogen-bond donors (Lipinski definition) is 0. The average Bonchev–Trinajstić information content (AvgIpc) is 3.21. The molecule has 13 heteroatoms. The molecule has 0 saturated heterocycles. The van der Waals surface area contributed by atoms with Crippen LogP contribution in [-0.4, -0.2) is 89.9 Å². The van der Waals surface area contributed by atoms with E-state index in [9.17, 15) is 19.2 Å². The van der Waals surface area contributed by atoms with Crippen LogP contribution >= 0.6 is 0 Å². The van der Waals surface area contributed by atoms with Crippen molar-refractivity contribution < 1.29 is 61.8 Å². The second-order valence-corrected chi connectivity index (χ2v) is 12.5. The summed E-state index contributed by atoms with van der Waals surface area (Å²) in [7, 11) is 0. The first-order valence-electron chi connectivity index (χ1n) is 18.4. The van der Waals surface area contributed by atoms with Gasteiger partial charge in [0.25, 0.3) is 0 Å². The van der Waals surface area contributed by atoms with E-state index in [1.54, 1.807) is 60.7 Å². The van der Waals surface area contributed by atoms with Gasteiger partial charge in [-0.1, -0.05) is 49.6 Å². The van der Waals surface area contributed by atoms with Crippen molar-refractivity contribution in [3.63, 3.8) is 0 Å². The smallest absolute Gasteiger partial charge is 0.315 e. The van der Waals surface area contributed by atoms with E-state index in [1.165, 1.54) is 0 Å². The molecule has 0 unspecified atom stereocenters. The molecular formula is C42H50O13. The summed E-state index contributed by atoms with van der Waals surface area (Å²) in [6, 6.07) is 13.3. The molecular weight excluding hydrogens is 712 g/mol. The van der Waals surface area contributed by atoms with E-state index >= 15 is 0 Å². The highest BCUT2D eigenvalue weighted by atomic mass is 16.6. The summed E-state index contributed by atoms with van der Waals surface area (Å²) in [5.41, 5.74) is 0. The molecule has 4 atom stereocenters. The summed E-state index contributed by atoms with van der Waals surface area (Å²) in [6.45, 7) is 9.53. The fraction of sp³-hybridized carbons (Fsp3) is 0.429. The van der Waals surface area contributed by atoms with Crippen LogP contribution in [0.15, 0.2) is 98.1 Å². The summed E-state index contributed by atoms with van der Waals surface area (Å²) < 4.78 is 49.2. The summed E-state index contributed by atoms with van der Waals surface area (Å²) >= 11 is 0. The van der Waals surface area contributed by atoms with Gasteiger partial charge in [-0.05, 0) is 74.2 Å². The molecule has 13 nitrogen and oxygen atoms in total. The van der Waals surface area contributed by atoms with Gasteiger partial charge in [-0.2, -0.15) is 0 Å². The predicted octanol–water partition coefficient (Wildman–Crippen LogP) is 5.63. The summed E-state index contributed by atoms with van der Waals surface area (Å²) in [4.78, 5) is 51.4. The first kappa shape index (κ1) is 42.5. The van der Waals surface area contributed by atoms with E-state index in [4.69, 9.17) is 42.6 Å². The first-order chi connectivity index (χ1) is 26.9. The Morgan fingerprint density at radius 2 is 0.745 bits per heavy atom. The Morgan fingerprint density at radius 1 is 0.455 bits per heavy atom. The molecule has 0 amide bonds. The van der Waals surface area contributed by atoms with Crippen LogP contribution in [0.25, 0.3) is 0 Å². The third-order valence-corrected chi connectivity index (χ3v) is 8.58. The maximum atomic E-state index is 12.9. The highest BCUT2D eigenvalue weighted by molar-refractivity contribution is 5.84. The maximum absolute atomic E-state index is 12.9. The van der Waals surface area contributed by atoms with Gasteiger partial charge in [0.1, 0.15) is 49.4 Å². The fourth-order valence-corrected chi connectivity index (χ4v) is 5.73. The highest BCUT2D eigenvalue weighted by Crippen LogP contribution is 2.31. The fourth-order valence-electron chi connectivity index (χ4n) is 5.73. The normalized spacial score (nSPS) is 18.8. The molecule has 0 heterocycles. The van der Waals surface area contributed by atoms with Crippen LogP contribution < -0.4 is 18.9 Å². The Labute approximate surface area is 321 Å². The lowest BCUT2D eigenvalue weighted by molar-refractivity contribution is -0.158. The van der Waals surface area contributed by atoms with Crippen molar-refractivity contribution in [3.05, 3.63) is 98.1 Å². The largest absolute Gasteiger partial charge is 0.490 e. The lowest BCUT2D eigenvalue weighted by atomic mass is 9.83. The van der Waals surface area contributed by atoms with Crippen LogP contribution in [0.4, 0.5) is 0 Å². The average molecular weight is 763 g/mol. The third kappa shape index (κ3) is 14.8. The van der Waals surface area contributed by atoms with E-state index in [1.807, 2.05) is 24.3 Å². The molecule has 55 heavy (non-hydrogen) atoms. The zero-order chi connectivity index (χ0) is 39.1. The predicted molar refractivity (Wildman–Crippen MR) is 201 cm³/mol. The molecule has 0 saturated carbocycles. The summed E-state index contributed by atoms with van der Waals surface area (Å²) in [5, 5.41) is 0. The number of carbonyl (C=O) groups is 4. The van der Waals surface area contributed by atoms with E-state index < -0.39 is 47.5 Å². The lowest BCUT2D eigenvalue weighted by Crippen LogP contribution is -2.35. The topological polar surface area (TPSA) is 151 Å². The molecule has 0 N–H and O–H groups in total. The van der Waals surface area contributed by atoms with Crippen LogP contribution in [0.3, 0.4) is 0 Å². The van der Waals surface area contributed by atoms with Crippen molar-refractivity contribution >= 4 is 23.9 Å². The van der Waals surface area contributed by atoms with E-state index in [2.05, 4.69) is 13.2 Å². The van der Waals surface area contributed by atoms with Crippen molar-refractivity contribution in [3.8, 4) is 23.0 Å². The number of carbonyl (C=O) groups excluding carboxylic acids is 4. The summed E-state index contributed by atoms with van der Waals surface area (Å²) in [5.74, 6) is -2.60. The monoisotopic (exact) mass is 762 g/mol. The van der Waals surface area contributed by atoms with E-state index in [-0.39, 0.29) is 39.6 Å². The van der Waals surface area contributed by atoms with Crippen LogP contribution in [0.1, 0.15) is 25.7 Å². The summed E-state index contributed by atoms with van der Waals surface area (Å²) in [6.07, 6.45) is 12.2. The van der Waals surface area contributed by atoms with Crippen LogP contribution in [0, 0.1) is 23.7 Å². The minimum absolute atomic E-state index is 0.0359. The van der Waals surface area contributed by atoms with Crippen LogP contribution in [-0.2, 0) is 42.9 Å². The molecule has 0 aromatic heterocycles. The number of esters is 4. The molecule has 0 radical (unpaired) electrons. The van der Waals surface area contributed by atoms with Crippen molar-refractivity contribution in [2.45, 2.75) is 25.7 Å². The van der Waals surface area contributed by atoms with Gasteiger partial charge in [0.15, 0.2) is 0 Å². The Kier molecular flexibility index (Phi) is 18.7. The Bertz CT molecular complexity index is 1460. The molecule has 0 bridgehead atoms. The molecule has 0 spiro atoms. The molecule has 2 aliphatic carbocycles. The van der Waals surface area contributed by atoms with Crippen molar-refractivity contribution in [2.24, 2.45) is 23.7 Å². The van der Waals surface area contributed by atoms with Crippen LogP contribution in [0.2, 0.25) is 0 Å². The van der Waals surface area contributed by atoms with E-state index in [0.29, 0.717) is 75.1 Å². The third-order valence-electron chi connectivity index (χ3n) is 8.58. The Hall–Kier alpha value is -5.24. The van der Waals surface area contributed by atoms with Gasteiger partial charge in [-0.25, -0.2) is 0 Å². The Balaban J connectivity index is 1.01. The molecule has 2 aromatic carbocycles. The number of benzene rings is 2. The zero-order valence-corrected chi connectivity index (χ0v) is 31.0. The number of allylic oxidation sites excluding steroid dienone is 4. The second-order valence-electron chi connectivity index (χ2n) is 12.5. The SMILES string of the molecule is C=CCOc1ccc(OC(=O)[C@H]2CC=CC[C@H]2C(=O)OCCOCCOCCOCCOC(=O)[C@H]2CC=CC[C@H]2C(=O)Oc2ccc(OCC=C)cc2)cc1. The Morgan fingerprint density at radius 3 is 1.07 bits per heavy atom. The highest BCUT2D eigenvalue weighted by Gasteiger charge is 2.37. The van der Waals surface area contributed by atoms with Crippen molar-refractivity contribution in [1.29, 1.82) is 0 Å². The minimum atomic E-state index is -0.658. The zero-order valence-electron chi connectivity index (χ0n) is 31.0. The van der Waals surface area contributed by atoms with Gasteiger partial charge >= 0.3 is 23.9 Å². The van der Waals surface area contributed by atoms with Gasteiger partial charge < -0.3 is 42.6 Å². The van der Waals surface area contributed by atoms with Gasteiger partial charge in [0.2, 0.25) is 0 Å². The number of rotatable bonds is 24. The lowest BCUT2D eigenvalue weighted by Gasteiger charge is -2.25. The maximum Gasteiger partial charge on any atom is 0.315 e. The quantitative estimate of drug-likeness (QED) is 0.0563. The van der Waals surface area contributed by atoms with Gasteiger partial charge in [0.05, 0.1) is 63.3 Å². The minimum Gasteiger partial charge on any atom is -0.490 e. The van der Waals surface area contributed by atoms with E-state index in [0.717, 1.165) is 0 Å². The van der Waals surface area contributed by atoms with Gasteiger partial charge in [0, 0.05) is 0 Å². The van der Waals surface area contributed by atoms with Gasteiger partial charge in [-0.15, -0.1) is 0 Å². The number of hydrogen-bond acceptors (Lipinski definition) is 13. The van der Waals surface area contributed by atoms with Crippen molar-refractivity contribution in [1.82, 2.24) is 0 Å². The van der Waals surface area contributed by atoms with Crippen LogP contribution in [0.5, 0.6) is 23.0 Å². The molecule has 4 rings (SSSR count). The molecule has 2 aromatic rings. The molecule has 296 valence electrons. The molecule has 0 fully saturated rings. The second kappa shape index (κ2) is 24.2. The standard InChI is InChI=1S/C42H50O13/c1-3-21-50-31-13-17-33(18-14-31)54-41(45)37-11-7-5-9-35(37)39(43)52-29-27-48-25-23-47-24-26-49-28-30-53-40(44)36-10-6-8-12-38(36)42(46)55-34-19-15-32(16-20-34)51-22-4-2/h3-8,13-20,35-38H,1-2,9-12,21-30H2/t35-,36+,37+,38-. The first-order valence-corrected chi connectivity index (χ1v) is 18.4. The van der Waals surface area contributed by atoms with Gasteiger partial charge in [-0.3, -0.25) is 19.2 Å². The number of ether oxygens (including phenoxy) is 9.